The summed E-state index contributed by atoms with van der Waals surface area (Å²) in [4.78, 5) is 14.3. The number of hydrogen-bond acceptors (Lipinski definition) is 5. The fourth-order valence-electron chi connectivity index (χ4n) is 2.90. The molecule has 3 rings (SSSR count). The molecule has 1 heterocycles. The lowest BCUT2D eigenvalue weighted by molar-refractivity contribution is 0.0729. The molecule has 1 aliphatic heterocycles. The van der Waals surface area contributed by atoms with Gasteiger partial charge in [-0.3, -0.25) is 4.79 Å². The van der Waals surface area contributed by atoms with Gasteiger partial charge >= 0.3 is 0 Å². The van der Waals surface area contributed by atoms with Crippen LogP contribution in [-0.4, -0.2) is 59.1 Å². The lowest BCUT2D eigenvalue weighted by Gasteiger charge is -2.27. The predicted molar refractivity (Wildman–Crippen MR) is 102 cm³/mol. The summed E-state index contributed by atoms with van der Waals surface area (Å²) in [6.45, 7) is 1.23. The maximum atomic E-state index is 13.0. The summed E-state index contributed by atoms with van der Waals surface area (Å²) in [6, 6.07) is 13.6. The van der Waals surface area contributed by atoms with Crippen LogP contribution in [0.3, 0.4) is 0 Å². The molecule has 0 atom stereocenters. The first-order chi connectivity index (χ1) is 12.9. The Labute approximate surface area is 159 Å². The van der Waals surface area contributed by atoms with E-state index >= 15 is 0 Å². The number of para-hydroxylation sites is 1. The molecule has 0 bridgehead atoms. The van der Waals surface area contributed by atoms with Crippen LogP contribution in [0.4, 0.5) is 5.69 Å². The van der Waals surface area contributed by atoms with Crippen LogP contribution in [0.5, 0.6) is 5.75 Å². The third-order valence-electron chi connectivity index (χ3n) is 4.45. The Morgan fingerprint density at radius 2 is 1.78 bits per heavy atom. The number of methoxy groups -OCH3 is 1. The molecule has 0 aromatic heterocycles. The molecule has 0 aliphatic carbocycles. The molecule has 2 aromatic carbocycles. The van der Waals surface area contributed by atoms with Crippen molar-refractivity contribution in [3.8, 4) is 5.75 Å². The highest BCUT2D eigenvalue weighted by Crippen LogP contribution is 2.29. The molecular weight excluding hydrogens is 368 g/mol. The normalized spacial score (nSPS) is 15.3. The number of amides is 1. The zero-order valence-electron chi connectivity index (χ0n) is 15.3. The van der Waals surface area contributed by atoms with Crippen molar-refractivity contribution in [2.75, 3.05) is 45.4 Å². The minimum Gasteiger partial charge on any atom is -0.495 e. The van der Waals surface area contributed by atoms with Gasteiger partial charge in [-0.05, 0) is 30.3 Å². The molecule has 1 fully saturated rings. The second kappa shape index (κ2) is 8.08. The predicted octanol–water partition coefficient (Wildman–Crippen LogP) is 1.99. The Morgan fingerprint density at radius 1 is 1.11 bits per heavy atom. The summed E-state index contributed by atoms with van der Waals surface area (Å²) < 4.78 is 37.9. The zero-order chi connectivity index (χ0) is 19.4. The van der Waals surface area contributed by atoms with Gasteiger partial charge in [0, 0.05) is 31.4 Å². The zero-order valence-corrected chi connectivity index (χ0v) is 16.1. The number of carbonyl (C=O) groups is 1. The second-order valence-electron chi connectivity index (χ2n) is 6.08. The van der Waals surface area contributed by atoms with E-state index in [1.165, 1.54) is 28.4 Å². The maximum Gasteiger partial charge on any atom is 0.258 e. The Morgan fingerprint density at radius 3 is 2.41 bits per heavy atom. The van der Waals surface area contributed by atoms with Gasteiger partial charge in [0.1, 0.15) is 10.6 Å². The van der Waals surface area contributed by atoms with Crippen molar-refractivity contribution in [1.29, 1.82) is 0 Å². The van der Waals surface area contributed by atoms with E-state index in [1.54, 1.807) is 13.1 Å². The molecule has 144 valence electrons. The van der Waals surface area contributed by atoms with E-state index in [0.29, 0.717) is 13.2 Å². The minimum absolute atomic E-state index is 0.0146. The van der Waals surface area contributed by atoms with Gasteiger partial charge in [-0.15, -0.1) is 0 Å². The van der Waals surface area contributed by atoms with Gasteiger partial charge < -0.3 is 14.4 Å². The van der Waals surface area contributed by atoms with Gasteiger partial charge in [0.2, 0.25) is 10.0 Å². The van der Waals surface area contributed by atoms with E-state index in [-0.39, 0.29) is 35.2 Å². The summed E-state index contributed by atoms with van der Waals surface area (Å²) in [5, 5.41) is 0. The molecule has 0 radical (unpaired) electrons. The third kappa shape index (κ3) is 3.97. The molecule has 2 aromatic rings. The minimum atomic E-state index is -3.79. The van der Waals surface area contributed by atoms with E-state index in [2.05, 4.69) is 0 Å². The number of morpholine rings is 1. The van der Waals surface area contributed by atoms with E-state index < -0.39 is 10.0 Å². The van der Waals surface area contributed by atoms with Crippen LogP contribution < -0.4 is 9.64 Å². The fourth-order valence-corrected chi connectivity index (χ4v) is 4.49. The number of hydrogen-bond donors (Lipinski definition) is 0. The maximum absolute atomic E-state index is 13.0. The molecule has 7 nitrogen and oxygen atoms in total. The molecule has 0 saturated carbocycles. The average Bonchev–Trinajstić information content (AvgIpc) is 2.73. The first kappa shape index (κ1) is 19.3. The lowest BCUT2D eigenvalue weighted by atomic mass is 10.2. The number of ether oxygens (including phenoxy) is 2. The number of benzene rings is 2. The van der Waals surface area contributed by atoms with Gasteiger partial charge in [-0.2, -0.15) is 4.31 Å². The van der Waals surface area contributed by atoms with Crippen molar-refractivity contribution in [3.63, 3.8) is 0 Å². The number of carbonyl (C=O) groups excluding carboxylic acids is 1. The molecule has 1 saturated heterocycles. The molecule has 0 spiro atoms. The Balaban J connectivity index is 1.97. The van der Waals surface area contributed by atoms with Gasteiger partial charge in [0.25, 0.3) is 5.91 Å². The van der Waals surface area contributed by atoms with Crippen LogP contribution in [0.25, 0.3) is 0 Å². The van der Waals surface area contributed by atoms with Crippen LogP contribution in [0.15, 0.2) is 53.4 Å². The van der Waals surface area contributed by atoms with Crippen LogP contribution >= 0.6 is 0 Å². The Bertz CT molecular complexity index is 909. The summed E-state index contributed by atoms with van der Waals surface area (Å²) in [6.07, 6.45) is 0. The molecule has 8 heteroatoms. The first-order valence-corrected chi connectivity index (χ1v) is 9.98. The van der Waals surface area contributed by atoms with E-state index in [1.807, 2.05) is 30.3 Å². The summed E-state index contributed by atoms with van der Waals surface area (Å²) >= 11 is 0. The topological polar surface area (TPSA) is 76.2 Å². The van der Waals surface area contributed by atoms with Crippen LogP contribution in [-0.2, 0) is 14.8 Å². The molecule has 1 aliphatic rings. The molecule has 27 heavy (non-hydrogen) atoms. The molecule has 0 N–H and O–H groups in total. The summed E-state index contributed by atoms with van der Waals surface area (Å²) in [7, 11) is -0.735. The third-order valence-corrected chi connectivity index (χ3v) is 6.37. The van der Waals surface area contributed by atoms with Crippen LogP contribution in [0.2, 0.25) is 0 Å². The number of rotatable bonds is 5. The van der Waals surface area contributed by atoms with Crippen molar-refractivity contribution >= 4 is 21.6 Å². The van der Waals surface area contributed by atoms with Crippen molar-refractivity contribution in [3.05, 3.63) is 54.1 Å². The van der Waals surface area contributed by atoms with Crippen LogP contribution in [0.1, 0.15) is 10.4 Å². The summed E-state index contributed by atoms with van der Waals surface area (Å²) in [5.41, 5.74) is 0.991. The SMILES string of the molecule is COc1ccc(C(=O)N(C)c2ccccc2)cc1S(=O)(=O)N1CCOCC1. The Kier molecular flexibility index (Phi) is 5.79. The van der Waals surface area contributed by atoms with Gasteiger partial charge in [-0.1, -0.05) is 18.2 Å². The highest BCUT2D eigenvalue weighted by atomic mass is 32.2. The number of sulfonamides is 1. The Hall–Kier alpha value is -2.42. The number of anilines is 1. The fraction of sp³-hybridized carbons (Fsp3) is 0.316. The van der Waals surface area contributed by atoms with Crippen LogP contribution in [0, 0.1) is 0 Å². The standard InChI is InChI=1S/C19H22N2O5S/c1-20(16-6-4-3-5-7-16)19(22)15-8-9-17(25-2)18(14-15)27(23,24)21-10-12-26-13-11-21/h3-9,14H,10-13H2,1-2H3. The van der Waals surface area contributed by atoms with Gasteiger partial charge in [-0.25, -0.2) is 8.42 Å². The summed E-state index contributed by atoms with van der Waals surface area (Å²) in [5.74, 6) is -0.0947. The van der Waals surface area contributed by atoms with E-state index in [9.17, 15) is 13.2 Å². The lowest BCUT2D eigenvalue weighted by Crippen LogP contribution is -2.40. The number of nitrogens with zero attached hydrogens (tertiary/aromatic N) is 2. The van der Waals surface area contributed by atoms with E-state index in [0.717, 1.165) is 5.69 Å². The second-order valence-corrected chi connectivity index (χ2v) is 7.99. The monoisotopic (exact) mass is 390 g/mol. The molecule has 1 amide bonds. The van der Waals surface area contributed by atoms with Crippen molar-refractivity contribution < 1.29 is 22.7 Å². The van der Waals surface area contributed by atoms with Crippen molar-refractivity contribution in [1.82, 2.24) is 4.31 Å². The van der Waals surface area contributed by atoms with Gasteiger partial charge in [0.05, 0.1) is 20.3 Å². The van der Waals surface area contributed by atoms with Crippen molar-refractivity contribution in [2.24, 2.45) is 0 Å². The quantitative estimate of drug-likeness (QED) is 0.780. The molecular formula is C19H22N2O5S. The largest absolute Gasteiger partial charge is 0.495 e. The highest BCUT2D eigenvalue weighted by Gasteiger charge is 2.30. The van der Waals surface area contributed by atoms with E-state index in [4.69, 9.17) is 9.47 Å². The first-order valence-electron chi connectivity index (χ1n) is 8.54. The average molecular weight is 390 g/mol. The van der Waals surface area contributed by atoms with Crippen molar-refractivity contribution in [2.45, 2.75) is 4.90 Å². The molecule has 0 unspecified atom stereocenters. The highest BCUT2D eigenvalue weighted by molar-refractivity contribution is 7.89. The smallest absolute Gasteiger partial charge is 0.258 e. The van der Waals surface area contributed by atoms with Gasteiger partial charge in [0.15, 0.2) is 0 Å².